The van der Waals surface area contributed by atoms with Crippen molar-refractivity contribution in [2.75, 3.05) is 0 Å². The molecule has 0 aliphatic carbocycles. The second kappa shape index (κ2) is 30.3. The number of carboxylic acid groups (broad SMARTS) is 1. The third-order valence-corrected chi connectivity index (χ3v) is 10.6. The van der Waals surface area contributed by atoms with Crippen LogP contribution in [0.15, 0.2) is 60.7 Å². The first-order chi connectivity index (χ1) is 30.5. The first-order valence-corrected chi connectivity index (χ1v) is 22.5. The largest absolute Gasteiger partial charge is 0.480 e. The van der Waals surface area contributed by atoms with Crippen molar-refractivity contribution in [1.82, 2.24) is 26.6 Å². The summed E-state index contributed by atoms with van der Waals surface area (Å²) < 4.78 is 0. The summed E-state index contributed by atoms with van der Waals surface area (Å²) in [6.07, 6.45) is 8.86. The van der Waals surface area contributed by atoms with Crippen molar-refractivity contribution in [2.45, 2.75) is 166 Å². The molecule has 6 atom stereocenters. The number of unbranched alkanes of at least 4 members (excludes halogenated alkanes) is 10. The lowest BCUT2D eigenvalue weighted by Crippen LogP contribution is -2.59. The molecular formula is C47H71N7O10. The second-order valence-electron chi connectivity index (χ2n) is 16.9. The lowest BCUT2D eigenvalue weighted by Gasteiger charge is -2.26. The van der Waals surface area contributed by atoms with Gasteiger partial charge in [-0.05, 0) is 43.2 Å². The lowest BCUT2D eigenvalue weighted by molar-refractivity contribution is -0.142. The molecule has 0 unspecified atom stereocenters. The van der Waals surface area contributed by atoms with Crippen LogP contribution >= 0.6 is 0 Å². The zero-order valence-electron chi connectivity index (χ0n) is 37.7. The Morgan fingerprint density at radius 2 is 0.922 bits per heavy atom. The maximum absolute atomic E-state index is 13.3. The first-order valence-electron chi connectivity index (χ1n) is 22.5. The third kappa shape index (κ3) is 23.0. The standard InChI is InChI=1S/C47H71N7O10/c1-31(2)27-36(44(60)51-35(43(49)59)28-33-21-15-13-16-22-33)52-46(62)42(32(3)55)54-41(58)26-20-12-10-8-6-4-5-7-9-11-19-25-40(57)50-37(30-39(48)56)45(61)53-38(47(63)64)29-34-23-17-14-18-24-34/h13-18,21-24,31-32,35-38,42,55H,4-12,19-20,25-30H2,1-3H3,(H2,48,56)(H2,49,59)(H,50,57)(H,51,60)(H,52,62)(H,53,61)(H,54,58)(H,63,64)/t32-,35-,36-,37-,38-,42-/m0/s1. The molecule has 2 aromatic carbocycles. The van der Waals surface area contributed by atoms with Gasteiger partial charge in [-0.15, -0.1) is 0 Å². The highest BCUT2D eigenvalue weighted by molar-refractivity contribution is 5.95. The van der Waals surface area contributed by atoms with E-state index < -0.39 is 84.1 Å². The van der Waals surface area contributed by atoms with Crippen LogP contribution in [-0.2, 0) is 51.2 Å². The minimum Gasteiger partial charge on any atom is -0.480 e. The number of carboxylic acids is 1. The highest BCUT2D eigenvalue weighted by Crippen LogP contribution is 2.14. The van der Waals surface area contributed by atoms with Crippen molar-refractivity contribution in [3.8, 4) is 0 Å². The van der Waals surface area contributed by atoms with Gasteiger partial charge in [0.05, 0.1) is 12.5 Å². The molecule has 0 aliphatic heterocycles. The van der Waals surface area contributed by atoms with Gasteiger partial charge in [-0.25, -0.2) is 4.79 Å². The smallest absolute Gasteiger partial charge is 0.326 e. The monoisotopic (exact) mass is 894 g/mol. The molecule has 0 saturated carbocycles. The number of aliphatic carboxylic acids is 1. The van der Waals surface area contributed by atoms with Crippen LogP contribution < -0.4 is 38.1 Å². The molecule has 17 heteroatoms. The number of nitrogens with two attached hydrogens (primary N) is 2. The van der Waals surface area contributed by atoms with Gasteiger partial charge in [0.25, 0.3) is 0 Å². The summed E-state index contributed by atoms with van der Waals surface area (Å²) in [5.74, 6) is -5.69. The number of amides is 7. The molecule has 354 valence electrons. The summed E-state index contributed by atoms with van der Waals surface area (Å²) in [6, 6.07) is 12.0. The molecule has 0 aliphatic rings. The Kier molecular flexibility index (Phi) is 25.7. The highest BCUT2D eigenvalue weighted by atomic mass is 16.4. The number of nitrogens with one attached hydrogen (secondary N) is 5. The maximum Gasteiger partial charge on any atom is 0.326 e. The number of benzene rings is 2. The molecule has 0 radical (unpaired) electrons. The van der Waals surface area contributed by atoms with Crippen LogP contribution in [0.25, 0.3) is 0 Å². The van der Waals surface area contributed by atoms with Crippen molar-refractivity contribution >= 4 is 47.3 Å². The van der Waals surface area contributed by atoms with Crippen molar-refractivity contribution < 1.29 is 48.6 Å². The third-order valence-electron chi connectivity index (χ3n) is 10.6. The number of carbonyl (C=O) groups excluding carboxylic acids is 7. The Morgan fingerprint density at radius 3 is 1.34 bits per heavy atom. The average Bonchev–Trinajstić information content (AvgIpc) is 3.23. The van der Waals surface area contributed by atoms with Crippen LogP contribution in [0.5, 0.6) is 0 Å². The van der Waals surface area contributed by atoms with Gasteiger partial charge in [-0.1, -0.05) is 132 Å². The van der Waals surface area contributed by atoms with E-state index in [1.165, 1.54) is 6.92 Å². The topological polar surface area (TPSA) is 289 Å². The fraction of sp³-hybridized carbons (Fsp3) is 0.574. The molecule has 64 heavy (non-hydrogen) atoms. The van der Waals surface area contributed by atoms with Crippen molar-refractivity contribution in [3.63, 3.8) is 0 Å². The average molecular weight is 894 g/mol. The van der Waals surface area contributed by atoms with E-state index in [9.17, 15) is 48.6 Å². The van der Waals surface area contributed by atoms with Crippen LogP contribution in [-0.4, -0.2) is 93.8 Å². The molecule has 0 heterocycles. The summed E-state index contributed by atoms with van der Waals surface area (Å²) in [5.41, 5.74) is 12.4. The number of aliphatic hydroxyl groups is 1. The summed E-state index contributed by atoms with van der Waals surface area (Å²) in [4.78, 5) is 100. The van der Waals surface area contributed by atoms with E-state index in [1.807, 2.05) is 44.2 Å². The molecule has 2 aromatic rings. The molecule has 0 bridgehead atoms. The summed E-state index contributed by atoms with van der Waals surface area (Å²) >= 11 is 0. The van der Waals surface area contributed by atoms with E-state index in [2.05, 4.69) is 26.6 Å². The Hall–Kier alpha value is -5.84. The number of carbonyl (C=O) groups is 8. The molecule has 17 nitrogen and oxygen atoms in total. The predicted molar refractivity (Wildman–Crippen MR) is 242 cm³/mol. The summed E-state index contributed by atoms with van der Waals surface area (Å²) in [7, 11) is 0. The van der Waals surface area contributed by atoms with Crippen molar-refractivity contribution in [2.24, 2.45) is 17.4 Å². The van der Waals surface area contributed by atoms with Crippen LogP contribution in [0, 0.1) is 5.92 Å². The fourth-order valence-corrected chi connectivity index (χ4v) is 7.12. The van der Waals surface area contributed by atoms with Gasteiger partial charge in [-0.3, -0.25) is 33.6 Å². The molecular weight excluding hydrogens is 823 g/mol. The molecule has 0 saturated heterocycles. The molecule has 0 aromatic heterocycles. The molecule has 0 spiro atoms. The number of rotatable bonds is 33. The van der Waals surface area contributed by atoms with Crippen LogP contribution in [0.3, 0.4) is 0 Å². The Balaban J connectivity index is 1.64. The van der Waals surface area contributed by atoms with Gasteiger partial charge < -0.3 is 48.3 Å². The lowest BCUT2D eigenvalue weighted by atomic mass is 10.0. The fourth-order valence-electron chi connectivity index (χ4n) is 7.12. The SMILES string of the molecule is CC(C)C[C@H](NC(=O)[C@@H](NC(=O)CCCCCCCCCCCCCC(=O)N[C@@H](CC(N)=O)C(=O)N[C@@H](Cc1ccccc1)C(=O)O)[C@H](C)O)C(=O)N[C@@H](Cc1ccccc1)C(N)=O. The minimum absolute atomic E-state index is 0.00784. The summed E-state index contributed by atoms with van der Waals surface area (Å²) in [6.45, 7) is 5.14. The summed E-state index contributed by atoms with van der Waals surface area (Å²) in [5, 5.41) is 32.9. The number of primary amides is 2. The second-order valence-corrected chi connectivity index (χ2v) is 16.9. The van der Waals surface area contributed by atoms with Gasteiger partial charge in [0, 0.05) is 25.7 Å². The number of hydrogen-bond acceptors (Lipinski definition) is 9. The van der Waals surface area contributed by atoms with E-state index >= 15 is 0 Å². The van der Waals surface area contributed by atoms with E-state index in [0.29, 0.717) is 18.4 Å². The van der Waals surface area contributed by atoms with Gasteiger partial charge in [0.1, 0.15) is 30.2 Å². The van der Waals surface area contributed by atoms with Gasteiger partial charge in [-0.2, -0.15) is 0 Å². The zero-order valence-corrected chi connectivity index (χ0v) is 37.7. The predicted octanol–water partition coefficient (Wildman–Crippen LogP) is 2.84. The molecule has 7 amide bonds. The highest BCUT2D eigenvalue weighted by Gasteiger charge is 2.32. The van der Waals surface area contributed by atoms with Crippen LogP contribution in [0.4, 0.5) is 0 Å². The molecule has 11 N–H and O–H groups in total. The van der Waals surface area contributed by atoms with Gasteiger partial charge >= 0.3 is 5.97 Å². The minimum atomic E-state index is -1.28. The number of hydrogen-bond donors (Lipinski definition) is 9. The van der Waals surface area contributed by atoms with Crippen LogP contribution in [0.2, 0.25) is 0 Å². The van der Waals surface area contributed by atoms with E-state index in [1.54, 1.807) is 30.3 Å². The van der Waals surface area contributed by atoms with E-state index in [-0.39, 0.29) is 43.9 Å². The maximum atomic E-state index is 13.3. The zero-order chi connectivity index (χ0) is 47.4. The normalized spacial score (nSPS) is 13.9. The van der Waals surface area contributed by atoms with Crippen LogP contribution in [0.1, 0.15) is 128 Å². The Bertz CT molecular complexity index is 1780. The van der Waals surface area contributed by atoms with Gasteiger partial charge in [0.15, 0.2) is 0 Å². The van der Waals surface area contributed by atoms with Crippen molar-refractivity contribution in [1.29, 1.82) is 0 Å². The molecule has 0 fully saturated rings. The van der Waals surface area contributed by atoms with Gasteiger partial charge in [0.2, 0.25) is 41.4 Å². The van der Waals surface area contributed by atoms with E-state index in [0.717, 1.165) is 63.4 Å². The number of aliphatic hydroxyl groups excluding tert-OH is 1. The quantitative estimate of drug-likeness (QED) is 0.0473. The van der Waals surface area contributed by atoms with E-state index in [4.69, 9.17) is 11.5 Å². The molecule has 2 rings (SSSR count). The Morgan fingerprint density at radius 1 is 0.516 bits per heavy atom. The Labute approximate surface area is 377 Å². The van der Waals surface area contributed by atoms with Crippen molar-refractivity contribution in [3.05, 3.63) is 71.8 Å². The first kappa shape index (κ1) is 54.3.